The molecule has 3 aromatic rings. The third-order valence-electron chi connectivity index (χ3n) is 2.79. The summed E-state index contributed by atoms with van der Waals surface area (Å²) in [6.07, 6.45) is 0. The Morgan fingerprint density at radius 3 is 2.76 bits per heavy atom. The van der Waals surface area contributed by atoms with Gasteiger partial charge in [0.25, 0.3) is 5.89 Å². The standard InChI is InChI=1S/C13H10BrN5O2/c1-20-10-6-5-9(17-18-10)12-16-13(21-19-12)7-3-2-4-8(14)11(7)15/h2-6H,15H2,1H3. The van der Waals surface area contributed by atoms with E-state index < -0.39 is 0 Å². The molecule has 0 unspecified atom stereocenters. The molecule has 0 aliphatic heterocycles. The number of methoxy groups -OCH3 is 1. The van der Waals surface area contributed by atoms with Crippen molar-refractivity contribution in [1.82, 2.24) is 20.3 Å². The highest BCUT2D eigenvalue weighted by Crippen LogP contribution is 2.31. The Labute approximate surface area is 128 Å². The number of nitrogen functional groups attached to an aromatic ring is 1. The van der Waals surface area contributed by atoms with Crippen LogP contribution in [0.15, 0.2) is 39.3 Å². The molecular weight excluding hydrogens is 338 g/mol. The number of benzene rings is 1. The summed E-state index contributed by atoms with van der Waals surface area (Å²) in [5.41, 5.74) is 7.66. The minimum atomic E-state index is 0.321. The van der Waals surface area contributed by atoms with Gasteiger partial charge < -0.3 is 15.0 Å². The molecule has 0 aliphatic rings. The zero-order valence-corrected chi connectivity index (χ0v) is 12.5. The van der Waals surface area contributed by atoms with E-state index in [1.807, 2.05) is 12.1 Å². The topological polar surface area (TPSA) is 100.0 Å². The fraction of sp³-hybridized carbons (Fsp3) is 0.0769. The van der Waals surface area contributed by atoms with Crippen LogP contribution >= 0.6 is 15.9 Å². The van der Waals surface area contributed by atoms with Gasteiger partial charge in [-0.15, -0.1) is 10.2 Å². The first-order chi connectivity index (χ1) is 10.2. The summed E-state index contributed by atoms with van der Waals surface area (Å²) >= 11 is 3.36. The number of nitrogens with two attached hydrogens (primary N) is 1. The predicted molar refractivity (Wildman–Crippen MR) is 79.4 cm³/mol. The quantitative estimate of drug-likeness (QED) is 0.726. The lowest BCUT2D eigenvalue weighted by Crippen LogP contribution is -1.93. The first-order valence-electron chi connectivity index (χ1n) is 5.95. The van der Waals surface area contributed by atoms with Crippen molar-refractivity contribution >= 4 is 21.6 Å². The highest BCUT2D eigenvalue weighted by atomic mass is 79.9. The Morgan fingerprint density at radius 2 is 2.05 bits per heavy atom. The number of aromatic nitrogens is 4. The van der Waals surface area contributed by atoms with Gasteiger partial charge in [-0.1, -0.05) is 11.2 Å². The molecule has 0 atom stereocenters. The summed E-state index contributed by atoms with van der Waals surface area (Å²) in [6.45, 7) is 0. The summed E-state index contributed by atoms with van der Waals surface area (Å²) in [6, 6.07) is 8.85. The van der Waals surface area contributed by atoms with Crippen LogP contribution in [0.5, 0.6) is 5.88 Å². The Hall–Kier alpha value is -2.48. The van der Waals surface area contributed by atoms with Crippen LogP contribution in [0.3, 0.4) is 0 Å². The highest BCUT2D eigenvalue weighted by molar-refractivity contribution is 9.10. The van der Waals surface area contributed by atoms with E-state index in [1.165, 1.54) is 7.11 Å². The molecular formula is C13H10BrN5O2. The first kappa shape index (κ1) is 13.5. The predicted octanol–water partition coefficient (Wildman–Crippen LogP) is 2.55. The second-order valence-electron chi connectivity index (χ2n) is 4.09. The van der Waals surface area contributed by atoms with E-state index in [0.29, 0.717) is 34.5 Å². The van der Waals surface area contributed by atoms with Crippen LogP contribution in [0.2, 0.25) is 0 Å². The summed E-state index contributed by atoms with van der Waals surface area (Å²) in [5.74, 6) is 1.07. The second kappa shape index (κ2) is 5.49. The summed E-state index contributed by atoms with van der Waals surface area (Å²) in [5, 5.41) is 11.7. The molecule has 0 aliphatic carbocycles. The van der Waals surface area contributed by atoms with E-state index in [4.69, 9.17) is 15.0 Å². The van der Waals surface area contributed by atoms with Crippen molar-refractivity contribution in [3.05, 3.63) is 34.8 Å². The van der Waals surface area contributed by atoms with Crippen molar-refractivity contribution in [2.45, 2.75) is 0 Å². The average Bonchev–Trinajstić information content (AvgIpc) is 3.00. The van der Waals surface area contributed by atoms with Crippen LogP contribution in [-0.2, 0) is 0 Å². The number of halogens is 1. The largest absolute Gasteiger partial charge is 0.480 e. The smallest absolute Gasteiger partial charge is 0.260 e. The minimum absolute atomic E-state index is 0.321. The van der Waals surface area contributed by atoms with Gasteiger partial charge in [-0.25, -0.2) is 0 Å². The van der Waals surface area contributed by atoms with E-state index in [1.54, 1.807) is 18.2 Å². The lowest BCUT2D eigenvalue weighted by atomic mass is 10.2. The maximum atomic E-state index is 5.98. The van der Waals surface area contributed by atoms with Crippen LogP contribution in [0.1, 0.15) is 0 Å². The molecule has 0 saturated carbocycles. The molecule has 2 heterocycles. The Balaban J connectivity index is 1.97. The number of nitrogens with zero attached hydrogens (tertiary/aromatic N) is 4. The zero-order chi connectivity index (χ0) is 14.8. The molecule has 21 heavy (non-hydrogen) atoms. The Morgan fingerprint density at radius 1 is 1.19 bits per heavy atom. The van der Waals surface area contributed by atoms with Gasteiger partial charge in [0.15, 0.2) is 0 Å². The van der Waals surface area contributed by atoms with Gasteiger partial charge >= 0.3 is 0 Å². The van der Waals surface area contributed by atoms with Crippen LogP contribution in [-0.4, -0.2) is 27.4 Å². The lowest BCUT2D eigenvalue weighted by Gasteiger charge is -2.01. The third kappa shape index (κ3) is 2.57. The van der Waals surface area contributed by atoms with Gasteiger partial charge in [-0.2, -0.15) is 4.98 Å². The van der Waals surface area contributed by atoms with Gasteiger partial charge in [0.2, 0.25) is 11.7 Å². The van der Waals surface area contributed by atoms with Gasteiger partial charge in [-0.05, 0) is 34.1 Å². The van der Waals surface area contributed by atoms with Crippen LogP contribution in [0.4, 0.5) is 5.69 Å². The molecule has 0 saturated heterocycles. The summed E-state index contributed by atoms with van der Waals surface area (Å²) in [4.78, 5) is 4.29. The zero-order valence-electron chi connectivity index (χ0n) is 10.9. The maximum Gasteiger partial charge on any atom is 0.260 e. The number of rotatable bonds is 3. The minimum Gasteiger partial charge on any atom is -0.480 e. The van der Waals surface area contributed by atoms with Gasteiger partial charge in [0, 0.05) is 10.5 Å². The number of para-hydroxylation sites is 1. The van der Waals surface area contributed by atoms with E-state index in [0.717, 1.165) is 4.47 Å². The van der Waals surface area contributed by atoms with Crippen LogP contribution in [0.25, 0.3) is 23.0 Å². The fourth-order valence-corrected chi connectivity index (χ4v) is 2.07. The first-order valence-corrected chi connectivity index (χ1v) is 6.74. The number of hydrogen-bond donors (Lipinski definition) is 1. The monoisotopic (exact) mass is 347 g/mol. The molecule has 3 rings (SSSR count). The molecule has 1 aromatic carbocycles. The third-order valence-corrected chi connectivity index (χ3v) is 3.48. The number of ether oxygens (including phenoxy) is 1. The molecule has 0 fully saturated rings. The van der Waals surface area contributed by atoms with Crippen molar-refractivity contribution in [3.63, 3.8) is 0 Å². The Kier molecular flexibility index (Phi) is 3.53. The second-order valence-corrected chi connectivity index (χ2v) is 4.94. The molecule has 0 spiro atoms. The van der Waals surface area contributed by atoms with Crippen molar-refractivity contribution in [3.8, 4) is 28.9 Å². The van der Waals surface area contributed by atoms with E-state index in [-0.39, 0.29) is 0 Å². The van der Waals surface area contributed by atoms with E-state index in [2.05, 4.69) is 36.3 Å². The SMILES string of the molecule is COc1ccc(-c2noc(-c3cccc(Br)c3N)n2)nn1. The molecule has 0 amide bonds. The van der Waals surface area contributed by atoms with E-state index >= 15 is 0 Å². The molecule has 7 nitrogen and oxygen atoms in total. The van der Waals surface area contributed by atoms with Crippen molar-refractivity contribution in [1.29, 1.82) is 0 Å². The van der Waals surface area contributed by atoms with E-state index in [9.17, 15) is 0 Å². The van der Waals surface area contributed by atoms with Gasteiger partial charge in [0.05, 0.1) is 18.4 Å². The van der Waals surface area contributed by atoms with Crippen LogP contribution < -0.4 is 10.5 Å². The van der Waals surface area contributed by atoms with Gasteiger partial charge in [0.1, 0.15) is 5.69 Å². The summed E-state index contributed by atoms with van der Waals surface area (Å²) < 4.78 is 11.0. The molecule has 0 radical (unpaired) electrons. The number of hydrogen-bond acceptors (Lipinski definition) is 7. The molecule has 8 heteroatoms. The molecule has 0 bridgehead atoms. The highest BCUT2D eigenvalue weighted by Gasteiger charge is 2.15. The van der Waals surface area contributed by atoms with Crippen LogP contribution in [0, 0.1) is 0 Å². The van der Waals surface area contributed by atoms with Gasteiger partial charge in [-0.3, -0.25) is 0 Å². The lowest BCUT2D eigenvalue weighted by molar-refractivity contribution is 0.392. The summed E-state index contributed by atoms with van der Waals surface area (Å²) in [7, 11) is 1.52. The molecule has 2 N–H and O–H groups in total. The normalized spacial score (nSPS) is 10.6. The number of anilines is 1. The maximum absolute atomic E-state index is 5.98. The van der Waals surface area contributed by atoms with Crippen molar-refractivity contribution in [2.75, 3.05) is 12.8 Å². The molecule has 2 aromatic heterocycles. The molecule has 106 valence electrons. The Bertz CT molecular complexity index is 772. The van der Waals surface area contributed by atoms with Crippen molar-refractivity contribution in [2.24, 2.45) is 0 Å². The fourth-order valence-electron chi connectivity index (χ4n) is 1.71. The van der Waals surface area contributed by atoms with Crippen molar-refractivity contribution < 1.29 is 9.26 Å². The average molecular weight is 348 g/mol.